The van der Waals surface area contributed by atoms with Gasteiger partial charge in [0.1, 0.15) is 5.75 Å². The first-order chi connectivity index (χ1) is 7.75. The van der Waals surface area contributed by atoms with E-state index < -0.39 is 6.10 Å². The highest BCUT2D eigenvalue weighted by Gasteiger charge is 2.32. The average molecular weight is 217 g/mol. The van der Waals surface area contributed by atoms with Gasteiger partial charge in [-0.1, -0.05) is 19.1 Å². The minimum absolute atomic E-state index is 0.112. The van der Waals surface area contributed by atoms with Gasteiger partial charge in [-0.15, -0.1) is 0 Å². The van der Waals surface area contributed by atoms with Crippen LogP contribution in [0.2, 0.25) is 0 Å². The molecule has 0 aromatic heterocycles. The Kier molecular flexibility index (Phi) is 1.97. The van der Waals surface area contributed by atoms with E-state index in [0.717, 1.165) is 16.9 Å². The number of allylic oxidation sites excluding steroid dienone is 1. The minimum atomic E-state index is -0.491. The summed E-state index contributed by atoms with van der Waals surface area (Å²) in [5, 5.41) is 0. The maximum Gasteiger partial charge on any atom is 0.280 e. The van der Waals surface area contributed by atoms with Gasteiger partial charge in [-0.3, -0.25) is 9.63 Å². The zero-order chi connectivity index (χ0) is 11.1. The summed E-state index contributed by atoms with van der Waals surface area (Å²) in [6, 6.07) is 5.74. The van der Waals surface area contributed by atoms with Crippen molar-refractivity contribution in [2.45, 2.75) is 18.9 Å². The van der Waals surface area contributed by atoms with E-state index in [1.165, 1.54) is 0 Å². The van der Waals surface area contributed by atoms with Crippen LogP contribution in [0.3, 0.4) is 0 Å². The maximum atomic E-state index is 11.2. The van der Waals surface area contributed by atoms with Crippen LogP contribution in [0.15, 0.2) is 30.5 Å². The molecule has 0 spiro atoms. The number of ether oxygens (including phenoxy) is 1. The normalized spacial score (nSPS) is 26.4. The standard InChI is InChI=1S/C12H11NO3/c1-7-4-5-15-10-6-8(2-3-9(7)10)11-12(14)13-16-11/h2-7,11H,1H3,(H,13,14). The quantitative estimate of drug-likeness (QED) is 0.780. The Hall–Kier alpha value is -1.81. The lowest BCUT2D eigenvalue weighted by Gasteiger charge is -2.27. The van der Waals surface area contributed by atoms with Crippen LogP contribution < -0.4 is 10.2 Å². The number of benzene rings is 1. The molecule has 2 aliphatic heterocycles. The van der Waals surface area contributed by atoms with Gasteiger partial charge in [-0.25, -0.2) is 5.48 Å². The summed E-state index contributed by atoms with van der Waals surface area (Å²) < 4.78 is 5.42. The smallest absolute Gasteiger partial charge is 0.280 e. The van der Waals surface area contributed by atoms with Gasteiger partial charge < -0.3 is 4.74 Å². The van der Waals surface area contributed by atoms with Gasteiger partial charge in [-0.2, -0.15) is 0 Å². The fourth-order valence-corrected chi connectivity index (χ4v) is 1.91. The summed E-state index contributed by atoms with van der Waals surface area (Å²) in [6.07, 6.45) is 3.18. The Bertz CT molecular complexity index is 481. The van der Waals surface area contributed by atoms with E-state index in [4.69, 9.17) is 9.57 Å². The summed E-state index contributed by atoms with van der Waals surface area (Å²) in [5.74, 6) is 1.03. The summed E-state index contributed by atoms with van der Waals surface area (Å²) in [6.45, 7) is 2.10. The third kappa shape index (κ3) is 1.31. The molecule has 0 aliphatic carbocycles. The highest BCUT2D eigenvalue weighted by atomic mass is 16.7. The van der Waals surface area contributed by atoms with Crippen molar-refractivity contribution in [2.24, 2.45) is 0 Å². The molecule has 0 radical (unpaired) electrons. The van der Waals surface area contributed by atoms with Crippen molar-refractivity contribution in [3.63, 3.8) is 0 Å². The molecule has 2 aliphatic rings. The third-order valence-corrected chi connectivity index (χ3v) is 2.91. The van der Waals surface area contributed by atoms with Gasteiger partial charge >= 0.3 is 0 Å². The number of nitrogens with one attached hydrogen (secondary N) is 1. The molecule has 1 aromatic carbocycles. The van der Waals surface area contributed by atoms with Crippen molar-refractivity contribution in [3.8, 4) is 5.75 Å². The SMILES string of the molecule is CC1C=COc2cc(C3ONC3=O)ccc21. The molecule has 1 amide bonds. The van der Waals surface area contributed by atoms with E-state index in [1.54, 1.807) is 6.26 Å². The zero-order valence-corrected chi connectivity index (χ0v) is 8.77. The number of rotatable bonds is 1. The highest BCUT2D eigenvalue weighted by Crippen LogP contribution is 2.35. The number of hydroxylamine groups is 1. The van der Waals surface area contributed by atoms with E-state index in [2.05, 4.69) is 12.4 Å². The molecule has 1 N–H and O–H groups in total. The van der Waals surface area contributed by atoms with Crippen LogP contribution in [0.4, 0.5) is 0 Å². The Morgan fingerprint density at radius 3 is 2.94 bits per heavy atom. The van der Waals surface area contributed by atoms with Crippen LogP contribution in [-0.4, -0.2) is 5.91 Å². The van der Waals surface area contributed by atoms with Crippen LogP contribution >= 0.6 is 0 Å². The molecule has 16 heavy (non-hydrogen) atoms. The Morgan fingerprint density at radius 2 is 2.25 bits per heavy atom. The van der Waals surface area contributed by atoms with E-state index in [1.807, 2.05) is 24.3 Å². The van der Waals surface area contributed by atoms with Crippen LogP contribution in [0.5, 0.6) is 5.75 Å². The average Bonchev–Trinajstić information content (AvgIpc) is 2.27. The lowest BCUT2D eigenvalue weighted by molar-refractivity contribution is -0.180. The van der Waals surface area contributed by atoms with Crippen molar-refractivity contribution >= 4 is 5.91 Å². The van der Waals surface area contributed by atoms with Crippen LogP contribution in [0.1, 0.15) is 30.1 Å². The molecule has 2 atom stereocenters. The third-order valence-electron chi connectivity index (χ3n) is 2.91. The summed E-state index contributed by atoms with van der Waals surface area (Å²) in [5.41, 5.74) is 4.21. The number of fused-ring (bicyclic) bond motifs is 1. The summed E-state index contributed by atoms with van der Waals surface area (Å²) in [4.78, 5) is 16.1. The maximum absolute atomic E-state index is 11.2. The van der Waals surface area contributed by atoms with Gasteiger partial charge in [0, 0.05) is 11.5 Å². The predicted octanol–water partition coefficient (Wildman–Crippen LogP) is 1.80. The van der Waals surface area contributed by atoms with Crippen molar-refractivity contribution in [3.05, 3.63) is 41.7 Å². The van der Waals surface area contributed by atoms with Crippen molar-refractivity contribution in [1.82, 2.24) is 5.48 Å². The molecule has 4 nitrogen and oxygen atoms in total. The monoisotopic (exact) mass is 217 g/mol. The van der Waals surface area contributed by atoms with Crippen molar-refractivity contribution in [1.29, 1.82) is 0 Å². The molecule has 4 heteroatoms. The first kappa shape index (κ1) is 9.42. The molecule has 2 heterocycles. The second-order valence-corrected chi connectivity index (χ2v) is 4.00. The highest BCUT2D eigenvalue weighted by molar-refractivity contribution is 5.85. The van der Waals surface area contributed by atoms with Gasteiger partial charge in [0.25, 0.3) is 5.91 Å². The van der Waals surface area contributed by atoms with Crippen LogP contribution in [-0.2, 0) is 9.63 Å². The molecular weight excluding hydrogens is 206 g/mol. The molecular formula is C12H11NO3. The van der Waals surface area contributed by atoms with Crippen LogP contribution in [0.25, 0.3) is 0 Å². The van der Waals surface area contributed by atoms with Gasteiger partial charge in [-0.05, 0) is 17.7 Å². The van der Waals surface area contributed by atoms with E-state index >= 15 is 0 Å². The molecule has 82 valence electrons. The number of amides is 1. The van der Waals surface area contributed by atoms with E-state index in [0.29, 0.717) is 5.92 Å². The summed E-state index contributed by atoms with van der Waals surface area (Å²) in [7, 11) is 0. The molecule has 3 rings (SSSR count). The number of hydrogen-bond donors (Lipinski definition) is 1. The predicted molar refractivity (Wildman–Crippen MR) is 56.6 cm³/mol. The second-order valence-electron chi connectivity index (χ2n) is 4.00. The van der Waals surface area contributed by atoms with Gasteiger partial charge in [0.15, 0.2) is 6.10 Å². The second kappa shape index (κ2) is 3.35. The number of hydrogen-bond acceptors (Lipinski definition) is 3. The molecule has 0 saturated carbocycles. The van der Waals surface area contributed by atoms with E-state index in [9.17, 15) is 4.79 Å². The Labute approximate surface area is 92.8 Å². The first-order valence-electron chi connectivity index (χ1n) is 5.18. The number of carbonyl (C=O) groups excluding carboxylic acids is 1. The molecule has 1 saturated heterocycles. The largest absolute Gasteiger partial charge is 0.465 e. The fraction of sp³-hybridized carbons (Fsp3) is 0.250. The topological polar surface area (TPSA) is 47.6 Å². The lowest BCUT2D eigenvalue weighted by atomic mass is 9.95. The summed E-state index contributed by atoms with van der Waals surface area (Å²) >= 11 is 0. The fourth-order valence-electron chi connectivity index (χ4n) is 1.91. The Morgan fingerprint density at radius 1 is 1.38 bits per heavy atom. The number of carbonyl (C=O) groups is 1. The molecule has 1 fully saturated rings. The Balaban J connectivity index is 1.97. The van der Waals surface area contributed by atoms with E-state index in [-0.39, 0.29) is 5.91 Å². The zero-order valence-electron chi connectivity index (χ0n) is 8.77. The van der Waals surface area contributed by atoms with Crippen molar-refractivity contribution in [2.75, 3.05) is 0 Å². The first-order valence-corrected chi connectivity index (χ1v) is 5.18. The molecule has 0 bridgehead atoms. The molecule has 1 aromatic rings. The lowest BCUT2D eigenvalue weighted by Crippen LogP contribution is -2.44. The minimum Gasteiger partial charge on any atom is -0.465 e. The van der Waals surface area contributed by atoms with Gasteiger partial charge in [0.05, 0.1) is 6.26 Å². The van der Waals surface area contributed by atoms with Crippen LogP contribution in [0, 0.1) is 0 Å². The van der Waals surface area contributed by atoms with Gasteiger partial charge in [0.2, 0.25) is 0 Å². The molecule has 2 unspecified atom stereocenters. The van der Waals surface area contributed by atoms with Crippen molar-refractivity contribution < 1.29 is 14.4 Å².